The molecule has 1 fully saturated rings. The highest BCUT2D eigenvalue weighted by atomic mass is 35.5. The minimum atomic E-state index is 0.579. The predicted octanol–water partition coefficient (Wildman–Crippen LogP) is 2.01. The molecule has 1 heterocycles. The smallest absolute Gasteiger partial charge is 0.120 e. The van der Waals surface area contributed by atoms with Gasteiger partial charge in [0, 0.05) is 37.2 Å². The van der Waals surface area contributed by atoms with E-state index in [1.807, 2.05) is 24.3 Å². The van der Waals surface area contributed by atoms with E-state index in [0.717, 1.165) is 37.0 Å². The Balaban J connectivity index is 1.72. The Hall–Kier alpha value is -0.770. The SMILES string of the molecule is C[C@H]1CN(CCOc2cccc(Cl)c2)CCN1. The lowest BCUT2D eigenvalue weighted by Crippen LogP contribution is -2.50. The van der Waals surface area contributed by atoms with E-state index in [1.54, 1.807) is 0 Å². The molecule has 1 aromatic rings. The minimum absolute atomic E-state index is 0.579. The molecule has 0 unspecified atom stereocenters. The summed E-state index contributed by atoms with van der Waals surface area (Å²) in [7, 11) is 0. The molecule has 1 aliphatic heterocycles. The average Bonchev–Trinajstić information content (AvgIpc) is 2.29. The fourth-order valence-electron chi connectivity index (χ4n) is 2.06. The third-order valence-electron chi connectivity index (χ3n) is 2.93. The van der Waals surface area contributed by atoms with Gasteiger partial charge in [-0.1, -0.05) is 17.7 Å². The van der Waals surface area contributed by atoms with Gasteiger partial charge < -0.3 is 10.1 Å². The third kappa shape index (κ3) is 4.19. The van der Waals surface area contributed by atoms with Gasteiger partial charge in [0.05, 0.1) is 0 Å². The number of benzene rings is 1. The van der Waals surface area contributed by atoms with Gasteiger partial charge in [-0.2, -0.15) is 0 Å². The van der Waals surface area contributed by atoms with E-state index in [1.165, 1.54) is 0 Å². The van der Waals surface area contributed by atoms with Gasteiger partial charge in [-0.25, -0.2) is 0 Å². The van der Waals surface area contributed by atoms with Gasteiger partial charge >= 0.3 is 0 Å². The summed E-state index contributed by atoms with van der Waals surface area (Å²) in [4.78, 5) is 2.42. The van der Waals surface area contributed by atoms with Crippen molar-refractivity contribution in [3.8, 4) is 5.75 Å². The van der Waals surface area contributed by atoms with E-state index in [0.29, 0.717) is 12.6 Å². The Bertz CT molecular complexity index is 359. The van der Waals surface area contributed by atoms with Crippen molar-refractivity contribution in [1.82, 2.24) is 10.2 Å². The highest BCUT2D eigenvalue weighted by molar-refractivity contribution is 6.30. The molecule has 0 aliphatic carbocycles. The van der Waals surface area contributed by atoms with Gasteiger partial charge in [0.2, 0.25) is 0 Å². The zero-order chi connectivity index (χ0) is 12.1. The number of nitrogens with zero attached hydrogens (tertiary/aromatic N) is 1. The van der Waals surface area contributed by atoms with Gasteiger partial charge in [0.1, 0.15) is 12.4 Å². The van der Waals surface area contributed by atoms with Crippen LogP contribution in [0.5, 0.6) is 5.75 Å². The quantitative estimate of drug-likeness (QED) is 0.890. The van der Waals surface area contributed by atoms with Crippen LogP contribution in [0.15, 0.2) is 24.3 Å². The van der Waals surface area contributed by atoms with Gasteiger partial charge in [-0.3, -0.25) is 4.90 Å². The Morgan fingerprint density at radius 2 is 2.41 bits per heavy atom. The van der Waals surface area contributed by atoms with Crippen LogP contribution < -0.4 is 10.1 Å². The normalized spacial score (nSPS) is 21.4. The zero-order valence-corrected chi connectivity index (χ0v) is 10.9. The van der Waals surface area contributed by atoms with Crippen molar-refractivity contribution in [2.75, 3.05) is 32.8 Å². The number of hydrogen-bond donors (Lipinski definition) is 1. The van der Waals surface area contributed by atoms with Crippen LogP contribution >= 0.6 is 11.6 Å². The molecule has 94 valence electrons. The van der Waals surface area contributed by atoms with Crippen molar-refractivity contribution in [3.05, 3.63) is 29.3 Å². The first kappa shape index (κ1) is 12.7. The summed E-state index contributed by atoms with van der Waals surface area (Å²) < 4.78 is 5.68. The largest absolute Gasteiger partial charge is 0.492 e. The van der Waals surface area contributed by atoms with Gasteiger partial charge in [-0.05, 0) is 25.1 Å². The molecule has 0 amide bonds. The molecule has 2 rings (SSSR count). The lowest BCUT2D eigenvalue weighted by molar-refractivity contribution is 0.170. The first-order valence-corrected chi connectivity index (χ1v) is 6.46. The van der Waals surface area contributed by atoms with Crippen LogP contribution in [0.25, 0.3) is 0 Å². The average molecular weight is 255 g/mol. The van der Waals surface area contributed by atoms with Gasteiger partial charge in [-0.15, -0.1) is 0 Å². The third-order valence-corrected chi connectivity index (χ3v) is 3.16. The summed E-state index contributed by atoms with van der Waals surface area (Å²) in [5, 5.41) is 4.15. The molecule has 1 saturated heterocycles. The molecule has 0 aromatic heterocycles. The minimum Gasteiger partial charge on any atom is -0.492 e. The van der Waals surface area contributed by atoms with E-state index in [2.05, 4.69) is 17.1 Å². The molecule has 0 spiro atoms. The second-order valence-electron chi connectivity index (χ2n) is 4.46. The summed E-state index contributed by atoms with van der Waals surface area (Å²) in [5.74, 6) is 0.848. The first-order chi connectivity index (χ1) is 8.24. The lowest BCUT2D eigenvalue weighted by atomic mass is 10.2. The van der Waals surface area contributed by atoms with Crippen molar-refractivity contribution < 1.29 is 4.74 Å². The molecular formula is C13H19ClN2O. The molecule has 1 aliphatic rings. The molecule has 3 nitrogen and oxygen atoms in total. The van der Waals surface area contributed by atoms with Crippen molar-refractivity contribution in [2.24, 2.45) is 0 Å². The maximum Gasteiger partial charge on any atom is 0.120 e. The fourth-order valence-corrected chi connectivity index (χ4v) is 2.24. The van der Waals surface area contributed by atoms with Crippen LogP contribution in [0, 0.1) is 0 Å². The first-order valence-electron chi connectivity index (χ1n) is 6.08. The van der Waals surface area contributed by atoms with Gasteiger partial charge in [0.15, 0.2) is 0 Å². The molecule has 1 atom stereocenters. The number of halogens is 1. The zero-order valence-electron chi connectivity index (χ0n) is 10.2. The highest BCUT2D eigenvalue weighted by Crippen LogP contribution is 2.16. The molecular weight excluding hydrogens is 236 g/mol. The van der Waals surface area contributed by atoms with E-state index in [9.17, 15) is 0 Å². The Morgan fingerprint density at radius 3 is 3.18 bits per heavy atom. The number of piperazine rings is 1. The molecule has 0 bridgehead atoms. The van der Waals surface area contributed by atoms with Crippen LogP contribution in [0.3, 0.4) is 0 Å². The summed E-state index contributed by atoms with van der Waals surface area (Å²) in [6.07, 6.45) is 0. The van der Waals surface area contributed by atoms with Crippen LogP contribution in [0.2, 0.25) is 5.02 Å². The lowest BCUT2D eigenvalue weighted by Gasteiger charge is -2.31. The maximum atomic E-state index is 5.89. The van der Waals surface area contributed by atoms with Crippen LogP contribution in [-0.4, -0.2) is 43.7 Å². The molecule has 1 aromatic carbocycles. The van der Waals surface area contributed by atoms with Crippen LogP contribution in [-0.2, 0) is 0 Å². The van der Waals surface area contributed by atoms with Crippen molar-refractivity contribution >= 4 is 11.6 Å². The molecule has 4 heteroatoms. The number of ether oxygens (including phenoxy) is 1. The fraction of sp³-hybridized carbons (Fsp3) is 0.538. The Kier molecular flexibility index (Phi) is 4.66. The van der Waals surface area contributed by atoms with Crippen LogP contribution in [0.1, 0.15) is 6.92 Å². The van der Waals surface area contributed by atoms with Crippen molar-refractivity contribution in [1.29, 1.82) is 0 Å². The number of nitrogens with one attached hydrogen (secondary N) is 1. The topological polar surface area (TPSA) is 24.5 Å². The second kappa shape index (κ2) is 6.24. The summed E-state index contributed by atoms with van der Waals surface area (Å²) in [5.41, 5.74) is 0. The van der Waals surface area contributed by atoms with Crippen molar-refractivity contribution in [3.63, 3.8) is 0 Å². The van der Waals surface area contributed by atoms with E-state index >= 15 is 0 Å². The molecule has 17 heavy (non-hydrogen) atoms. The highest BCUT2D eigenvalue weighted by Gasteiger charge is 2.14. The number of hydrogen-bond acceptors (Lipinski definition) is 3. The monoisotopic (exact) mass is 254 g/mol. The van der Waals surface area contributed by atoms with Crippen molar-refractivity contribution in [2.45, 2.75) is 13.0 Å². The standard InChI is InChI=1S/C13H19ClN2O/c1-11-10-16(6-5-15-11)7-8-17-13-4-2-3-12(14)9-13/h2-4,9,11,15H,5-8,10H2,1H3/t11-/m0/s1. The second-order valence-corrected chi connectivity index (χ2v) is 4.90. The maximum absolute atomic E-state index is 5.89. The summed E-state index contributed by atoms with van der Waals surface area (Å²) >= 11 is 5.89. The van der Waals surface area contributed by atoms with E-state index < -0.39 is 0 Å². The molecule has 1 N–H and O–H groups in total. The van der Waals surface area contributed by atoms with E-state index in [4.69, 9.17) is 16.3 Å². The van der Waals surface area contributed by atoms with Gasteiger partial charge in [0.25, 0.3) is 0 Å². The summed E-state index contributed by atoms with van der Waals surface area (Å²) in [6.45, 7) is 7.16. The Morgan fingerprint density at radius 1 is 1.53 bits per heavy atom. The van der Waals surface area contributed by atoms with E-state index in [-0.39, 0.29) is 0 Å². The van der Waals surface area contributed by atoms with Crippen LogP contribution in [0.4, 0.5) is 0 Å². The molecule has 0 saturated carbocycles. The number of rotatable bonds is 4. The predicted molar refractivity (Wildman–Crippen MR) is 70.9 cm³/mol. The molecule has 0 radical (unpaired) electrons. The summed E-state index contributed by atoms with van der Waals surface area (Å²) in [6, 6.07) is 8.13. The Labute approximate surface area is 108 Å².